The van der Waals surface area contributed by atoms with Crippen LogP contribution in [0.1, 0.15) is 6.92 Å². The lowest BCUT2D eigenvalue weighted by molar-refractivity contribution is -0.192. The Hall–Kier alpha value is -0.605. The molecule has 0 N–H and O–H groups in total. The van der Waals surface area contributed by atoms with Crippen molar-refractivity contribution in [2.75, 3.05) is 6.61 Å². The molecule has 0 aromatic heterocycles. The van der Waals surface area contributed by atoms with E-state index < -0.39 is 31.2 Å². The summed E-state index contributed by atoms with van der Waals surface area (Å²) in [5.74, 6) is 0. The number of hydrogen-bond acceptors (Lipinski definition) is 1. The van der Waals surface area contributed by atoms with Crippen LogP contribution in [-0.2, 0) is 4.65 Å². The van der Waals surface area contributed by atoms with Gasteiger partial charge in [-0.15, -0.1) is 0 Å². The molecule has 0 aliphatic heterocycles. The summed E-state index contributed by atoms with van der Waals surface area (Å²) in [5, 5.41) is 0. The first-order chi connectivity index (χ1) is 6.81. The second-order valence-electron chi connectivity index (χ2n) is 2.87. The van der Waals surface area contributed by atoms with Gasteiger partial charge in [-0.05, 0) is 13.5 Å². The molecule has 0 aliphatic carbocycles. The molecule has 0 saturated carbocycles. The van der Waals surface area contributed by atoms with Gasteiger partial charge in [-0.25, -0.2) is 39.5 Å². The van der Waals surface area contributed by atoms with Crippen LogP contribution in [0.15, 0.2) is 0 Å². The van der Waals surface area contributed by atoms with Gasteiger partial charge in [0.15, 0.2) is 0 Å². The normalized spacial score (nSPS) is 15.4. The van der Waals surface area contributed by atoms with Crippen molar-refractivity contribution in [3.05, 3.63) is 0 Å². The summed E-state index contributed by atoms with van der Waals surface area (Å²) in [7, 11) is 0. The Kier molecular flexibility index (Phi) is 3.85. The highest BCUT2D eigenvalue weighted by Crippen LogP contribution is 2.50. The molecule has 0 spiro atoms. The first kappa shape index (κ1) is 15.4. The van der Waals surface area contributed by atoms with Gasteiger partial charge in [0.25, 0.3) is 18.2 Å². The maximum Gasteiger partial charge on any atom is 0.451 e. The molecule has 0 aliphatic rings. The highest BCUT2D eigenvalue weighted by molar-refractivity contribution is 6.79. The number of halogens is 9. The molecule has 98 valence electrons. The zero-order valence-corrected chi connectivity index (χ0v) is 7.59. The van der Waals surface area contributed by atoms with Crippen molar-refractivity contribution in [1.82, 2.24) is 0 Å². The van der Waals surface area contributed by atoms with Crippen molar-refractivity contribution in [2.24, 2.45) is 0 Å². The molecule has 1 nitrogen and oxygen atoms in total. The zero-order valence-electron chi connectivity index (χ0n) is 7.59. The van der Waals surface area contributed by atoms with Crippen LogP contribution < -0.4 is 0 Å². The maximum absolute atomic E-state index is 12.0. The molecule has 0 unspecified atom stereocenters. The molecule has 0 saturated heterocycles. The van der Waals surface area contributed by atoms with Crippen LogP contribution in [0, 0.1) is 0 Å². The zero-order chi connectivity index (χ0) is 13.4. The van der Waals surface area contributed by atoms with E-state index in [4.69, 9.17) is 0 Å². The van der Waals surface area contributed by atoms with Crippen LogP contribution in [-0.4, -0.2) is 31.2 Å². The predicted octanol–water partition coefficient (Wildman–Crippen LogP) is 3.27. The molecule has 11 heteroatoms. The van der Waals surface area contributed by atoms with E-state index in [-0.39, 0.29) is 0 Å². The van der Waals surface area contributed by atoms with E-state index in [0.717, 1.165) is 0 Å². The molecule has 0 amide bonds. The summed E-state index contributed by atoms with van der Waals surface area (Å²) < 4.78 is 111. The summed E-state index contributed by atoms with van der Waals surface area (Å²) in [4.78, 5) is 0. The minimum atomic E-state index is -6.93. The molecule has 0 radical (unpaired) electrons. The molecule has 0 aromatic rings. The summed E-state index contributed by atoms with van der Waals surface area (Å²) >= 11 is 0. The van der Waals surface area contributed by atoms with Crippen LogP contribution >= 0.6 is 0 Å². The number of rotatable bonds is 2. The van der Waals surface area contributed by atoms with Crippen LogP contribution in [0.3, 0.4) is 0 Å². The standard InChI is InChI=1S/C5H5BF9O/c1-2-16-6(3(7,8)9,4(10,11)12)5(13,14)15/h2H2,1H3/q-1. The van der Waals surface area contributed by atoms with Crippen LogP contribution in [0.2, 0.25) is 0 Å². The quantitative estimate of drug-likeness (QED) is 0.548. The van der Waals surface area contributed by atoms with E-state index in [1.807, 2.05) is 0 Å². The predicted molar refractivity (Wildman–Crippen MR) is 35.5 cm³/mol. The third kappa shape index (κ3) is 2.23. The van der Waals surface area contributed by atoms with Crippen molar-refractivity contribution in [1.29, 1.82) is 0 Å². The fourth-order valence-corrected chi connectivity index (χ4v) is 1.09. The van der Waals surface area contributed by atoms with E-state index in [2.05, 4.69) is 4.65 Å². The Morgan fingerprint density at radius 1 is 0.750 bits per heavy atom. The lowest BCUT2D eigenvalue weighted by atomic mass is 9.37. The Labute approximate surface area is 83.5 Å². The molecular weight excluding hydrogens is 258 g/mol. The van der Waals surface area contributed by atoms with Crippen molar-refractivity contribution in [2.45, 2.75) is 25.2 Å². The van der Waals surface area contributed by atoms with Crippen molar-refractivity contribution in [3.8, 4) is 0 Å². The Morgan fingerprint density at radius 3 is 1.06 bits per heavy atom. The van der Waals surface area contributed by atoms with Gasteiger partial charge in [0.05, 0.1) is 0 Å². The molecular formula is C5H5BF9O-. The fraction of sp³-hybridized carbons (Fsp3) is 1.00. The van der Waals surface area contributed by atoms with E-state index in [9.17, 15) is 39.5 Å². The van der Waals surface area contributed by atoms with Crippen LogP contribution in [0.4, 0.5) is 39.5 Å². The van der Waals surface area contributed by atoms with Gasteiger partial charge < -0.3 is 4.65 Å². The average Bonchev–Trinajstić information content (AvgIpc) is 1.91. The molecule has 0 fully saturated rings. The van der Waals surface area contributed by atoms with Gasteiger partial charge in [0.1, 0.15) is 0 Å². The van der Waals surface area contributed by atoms with Gasteiger partial charge >= 0.3 is 6.35 Å². The minimum Gasteiger partial charge on any atom is -0.572 e. The van der Waals surface area contributed by atoms with Gasteiger partial charge in [-0.1, -0.05) is 0 Å². The summed E-state index contributed by atoms with van der Waals surface area (Å²) in [6.45, 7) is -0.752. The van der Waals surface area contributed by atoms with Gasteiger partial charge in [-0.3, -0.25) is 0 Å². The molecule has 0 rings (SSSR count). The highest BCUT2D eigenvalue weighted by Gasteiger charge is 2.80. The largest absolute Gasteiger partial charge is 0.572 e. The Balaban J connectivity index is 5.82. The maximum atomic E-state index is 12.0. The average molecular weight is 263 g/mol. The molecule has 0 heterocycles. The van der Waals surface area contributed by atoms with Crippen molar-refractivity contribution < 1.29 is 44.2 Å². The van der Waals surface area contributed by atoms with Gasteiger partial charge in [-0.2, -0.15) is 0 Å². The SMILES string of the molecule is CCO[B-](C(F)(F)F)(C(F)(F)F)C(F)(F)F. The second-order valence-corrected chi connectivity index (χ2v) is 2.87. The third-order valence-corrected chi connectivity index (χ3v) is 1.80. The van der Waals surface area contributed by atoms with Crippen molar-refractivity contribution in [3.63, 3.8) is 0 Å². The summed E-state index contributed by atoms with van der Waals surface area (Å²) in [6, 6.07) is 0. The van der Waals surface area contributed by atoms with E-state index in [1.165, 1.54) is 0 Å². The second kappa shape index (κ2) is 4.00. The van der Waals surface area contributed by atoms with E-state index >= 15 is 0 Å². The van der Waals surface area contributed by atoms with Gasteiger partial charge in [0.2, 0.25) is 0 Å². The fourth-order valence-electron chi connectivity index (χ4n) is 1.09. The summed E-state index contributed by atoms with van der Waals surface area (Å²) in [5.41, 5.74) is 0. The molecule has 0 atom stereocenters. The van der Waals surface area contributed by atoms with E-state index in [1.54, 1.807) is 0 Å². The smallest absolute Gasteiger partial charge is 0.451 e. The third-order valence-electron chi connectivity index (χ3n) is 1.80. The summed E-state index contributed by atoms with van der Waals surface area (Å²) in [6.07, 6.45) is -26.7. The lowest BCUT2D eigenvalue weighted by Gasteiger charge is -2.44. The minimum absolute atomic E-state index is 0.611. The van der Waals surface area contributed by atoms with Crippen molar-refractivity contribution >= 4 is 6.35 Å². The first-order valence-corrected chi connectivity index (χ1v) is 3.80. The monoisotopic (exact) mass is 263 g/mol. The molecule has 16 heavy (non-hydrogen) atoms. The van der Waals surface area contributed by atoms with Crippen LogP contribution in [0.5, 0.6) is 0 Å². The highest BCUT2D eigenvalue weighted by atomic mass is 19.4. The topological polar surface area (TPSA) is 9.23 Å². The molecule has 0 aromatic carbocycles. The van der Waals surface area contributed by atoms with Crippen LogP contribution in [0.25, 0.3) is 0 Å². The van der Waals surface area contributed by atoms with Gasteiger partial charge in [0, 0.05) is 0 Å². The number of hydrogen-bond donors (Lipinski definition) is 0. The Morgan fingerprint density at radius 2 is 1.00 bits per heavy atom. The Bertz CT molecular complexity index is 202. The number of alkyl halides is 9. The lowest BCUT2D eigenvalue weighted by Crippen LogP contribution is -2.73. The van der Waals surface area contributed by atoms with E-state index in [0.29, 0.717) is 6.92 Å². The first-order valence-electron chi connectivity index (χ1n) is 3.80. The molecule has 0 bridgehead atoms.